The predicted octanol–water partition coefficient (Wildman–Crippen LogP) is 2.99. The van der Waals surface area contributed by atoms with Crippen LogP contribution in [-0.2, 0) is 4.79 Å². The smallest absolute Gasteiger partial charge is 0.303 e. The lowest BCUT2D eigenvalue weighted by Gasteiger charge is -2.15. The molecule has 1 unspecified atom stereocenters. The number of benzene rings is 1. The van der Waals surface area contributed by atoms with E-state index in [4.69, 9.17) is 9.84 Å². The quantitative estimate of drug-likeness (QED) is 0.812. The van der Waals surface area contributed by atoms with E-state index in [-0.39, 0.29) is 24.5 Å². The van der Waals surface area contributed by atoms with Crippen molar-refractivity contribution < 1.29 is 19.4 Å². The lowest BCUT2D eigenvalue weighted by Crippen LogP contribution is -2.32. The standard InChI is InChI=1S/C17H23NO4/c1-12(9-10-16(19)20)18-17(21)13-5-4-8-15(11-13)22-14-6-2-3-7-14/h4-5,8,11-12,14H,2-3,6-7,9-10H2,1H3,(H,18,21)(H,19,20). The minimum absolute atomic E-state index is 0.0479. The van der Waals surface area contributed by atoms with E-state index in [2.05, 4.69) is 5.32 Å². The van der Waals surface area contributed by atoms with Crippen LogP contribution < -0.4 is 10.1 Å². The Morgan fingerprint density at radius 2 is 2.09 bits per heavy atom. The van der Waals surface area contributed by atoms with Crippen LogP contribution in [0.5, 0.6) is 5.75 Å². The van der Waals surface area contributed by atoms with Crippen molar-refractivity contribution in [2.75, 3.05) is 0 Å². The maximum absolute atomic E-state index is 12.2. The average molecular weight is 305 g/mol. The van der Waals surface area contributed by atoms with E-state index in [1.807, 2.05) is 6.07 Å². The number of carbonyl (C=O) groups excluding carboxylic acids is 1. The lowest BCUT2D eigenvalue weighted by atomic mass is 10.1. The molecule has 1 aromatic rings. The zero-order valence-electron chi connectivity index (χ0n) is 12.9. The number of aliphatic carboxylic acids is 1. The average Bonchev–Trinajstić information content (AvgIpc) is 2.98. The Labute approximate surface area is 130 Å². The largest absolute Gasteiger partial charge is 0.490 e. The van der Waals surface area contributed by atoms with Crippen molar-refractivity contribution in [3.05, 3.63) is 29.8 Å². The third kappa shape index (κ3) is 5.06. The Hall–Kier alpha value is -2.04. The summed E-state index contributed by atoms with van der Waals surface area (Å²) in [6, 6.07) is 6.98. The van der Waals surface area contributed by atoms with Crippen molar-refractivity contribution in [3.8, 4) is 5.75 Å². The molecule has 2 N–H and O–H groups in total. The first kappa shape index (κ1) is 16.3. The van der Waals surface area contributed by atoms with Gasteiger partial charge in [0, 0.05) is 18.0 Å². The number of carboxylic acids is 1. The molecule has 1 amide bonds. The second kappa shape index (κ2) is 7.82. The van der Waals surface area contributed by atoms with E-state index < -0.39 is 5.97 Å². The molecule has 0 bridgehead atoms. The van der Waals surface area contributed by atoms with E-state index in [0.717, 1.165) is 18.6 Å². The van der Waals surface area contributed by atoms with Crippen LogP contribution in [0.25, 0.3) is 0 Å². The first-order chi connectivity index (χ1) is 10.5. The van der Waals surface area contributed by atoms with E-state index in [1.165, 1.54) is 12.8 Å². The van der Waals surface area contributed by atoms with Crippen LogP contribution in [-0.4, -0.2) is 29.1 Å². The number of carboxylic acid groups (broad SMARTS) is 1. The van der Waals surface area contributed by atoms with Crippen LogP contribution in [0.1, 0.15) is 55.8 Å². The highest BCUT2D eigenvalue weighted by atomic mass is 16.5. The second-order valence-electron chi connectivity index (χ2n) is 5.86. The number of carbonyl (C=O) groups is 2. The fraction of sp³-hybridized carbons (Fsp3) is 0.529. The molecule has 2 rings (SSSR count). The zero-order chi connectivity index (χ0) is 15.9. The van der Waals surface area contributed by atoms with E-state index >= 15 is 0 Å². The van der Waals surface area contributed by atoms with Gasteiger partial charge in [0.2, 0.25) is 0 Å². The van der Waals surface area contributed by atoms with Gasteiger partial charge in [-0.25, -0.2) is 0 Å². The molecule has 1 saturated carbocycles. The number of rotatable bonds is 7. The monoisotopic (exact) mass is 305 g/mol. The first-order valence-electron chi connectivity index (χ1n) is 7.84. The van der Waals surface area contributed by atoms with Gasteiger partial charge in [-0.2, -0.15) is 0 Å². The molecule has 5 nitrogen and oxygen atoms in total. The van der Waals surface area contributed by atoms with Gasteiger partial charge in [0.1, 0.15) is 5.75 Å². The van der Waals surface area contributed by atoms with E-state index in [1.54, 1.807) is 25.1 Å². The SMILES string of the molecule is CC(CCC(=O)O)NC(=O)c1cccc(OC2CCCC2)c1. The molecular weight excluding hydrogens is 282 g/mol. The highest BCUT2D eigenvalue weighted by Gasteiger charge is 2.17. The van der Waals surface area contributed by atoms with Crippen molar-refractivity contribution in [1.82, 2.24) is 5.32 Å². The van der Waals surface area contributed by atoms with Crippen molar-refractivity contribution in [2.45, 2.75) is 57.6 Å². The topological polar surface area (TPSA) is 75.6 Å². The first-order valence-corrected chi connectivity index (χ1v) is 7.84. The Bertz CT molecular complexity index is 523. The van der Waals surface area contributed by atoms with Crippen LogP contribution in [0.3, 0.4) is 0 Å². The fourth-order valence-corrected chi connectivity index (χ4v) is 2.63. The maximum Gasteiger partial charge on any atom is 0.303 e. The molecule has 5 heteroatoms. The summed E-state index contributed by atoms with van der Waals surface area (Å²) in [5, 5.41) is 11.5. The van der Waals surface area contributed by atoms with E-state index in [0.29, 0.717) is 12.0 Å². The molecule has 1 fully saturated rings. The van der Waals surface area contributed by atoms with Crippen LogP contribution in [0.15, 0.2) is 24.3 Å². The molecule has 1 aliphatic rings. The molecular formula is C17H23NO4. The molecule has 0 heterocycles. The highest BCUT2D eigenvalue weighted by molar-refractivity contribution is 5.94. The second-order valence-corrected chi connectivity index (χ2v) is 5.86. The molecule has 0 aliphatic heterocycles. The number of nitrogens with one attached hydrogen (secondary N) is 1. The molecule has 0 radical (unpaired) electrons. The third-order valence-electron chi connectivity index (χ3n) is 3.87. The van der Waals surface area contributed by atoms with Crippen LogP contribution in [0.2, 0.25) is 0 Å². The Morgan fingerprint density at radius 3 is 2.77 bits per heavy atom. The number of hydrogen-bond donors (Lipinski definition) is 2. The van der Waals surface area contributed by atoms with Crippen LogP contribution in [0, 0.1) is 0 Å². The number of ether oxygens (including phenoxy) is 1. The van der Waals surface area contributed by atoms with Gasteiger partial charge in [0.15, 0.2) is 0 Å². The fourth-order valence-electron chi connectivity index (χ4n) is 2.63. The minimum Gasteiger partial charge on any atom is -0.490 e. The molecule has 0 spiro atoms. The Balaban J connectivity index is 1.90. The van der Waals surface area contributed by atoms with Crippen molar-refractivity contribution in [2.24, 2.45) is 0 Å². The predicted molar refractivity (Wildman–Crippen MR) is 83.1 cm³/mol. The van der Waals surface area contributed by atoms with Crippen LogP contribution in [0.4, 0.5) is 0 Å². The van der Waals surface area contributed by atoms with Crippen molar-refractivity contribution in [3.63, 3.8) is 0 Å². The molecule has 0 aromatic heterocycles. The Kier molecular flexibility index (Phi) is 5.81. The van der Waals surface area contributed by atoms with Gasteiger partial charge < -0.3 is 15.2 Å². The van der Waals surface area contributed by atoms with Gasteiger partial charge in [0.05, 0.1) is 6.10 Å². The normalized spacial score (nSPS) is 16.2. The van der Waals surface area contributed by atoms with Crippen molar-refractivity contribution >= 4 is 11.9 Å². The summed E-state index contributed by atoms with van der Waals surface area (Å²) in [7, 11) is 0. The highest BCUT2D eigenvalue weighted by Crippen LogP contribution is 2.24. The number of hydrogen-bond acceptors (Lipinski definition) is 3. The molecule has 1 aromatic carbocycles. The van der Waals surface area contributed by atoms with Gasteiger partial charge in [-0.05, 0) is 57.2 Å². The summed E-state index contributed by atoms with van der Waals surface area (Å²) in [5.41, 5.74) is 0.540. The zero-order valence-corrected chi connectivity index (χ0v) is 12.9. The summed E-state index contributed by atoms with van der Waals surface area (Å²) >= 11 is 0. The molecule has 1 aliphatic carbocycles. The molecule has 22 heavy (non-hydrogen) atoms. The lowest BCUT2D eigenvalue weighted by molar-refractivity contribution is -0.137. The van der Waals surface area contributed by atoms with Gasteiger partial charge in [0.25, 0.3) is 5.91 Å². The van der Waals surface area contributed by atoms with Gasteiger partial charge >= 0.3 is 5.97 Å². The summed E-state index contributed by atoms with van der Waals surface area (Å²) < 4.78 is 5.89. The summed E-state index contributed by atoms with van der Waals surface area (Å²) in [4.78, 5) is 22.7. The molecule has 0 saturated heterocycles. The van der Waals surface area contributed by atoms with Gasteiger partial charge in [-0.1, -0.05) is 6.07 Å². The number of amides is 1. The maximum atomic E-state index is 12.2. The third-order valence-corrected chi connectivity index (χ3v) is 3.87. The summed E-state index contributed by atoms with van der Waals surface area (Å²) in [5.74, 6) is -0.333. The van der Waals surface area contributed by atoms with Crippen molar-refractivity contribution in [1.29, 1.82) is 0 Å². The van der Waals surface area contributed by atoms with E-state index in [9.17, 15) is 9.59 Å². The Morgan fingerprint density at radius 1 is 1.36 bits per heavy atom. The minimum atomic E-state index is -0.854. The summed E-state index contributed by atoms with van der Waals surface area (Å²) in [6.07, 6.45) is 5.27. The summed E-state index contributed by atoms with van der Waals surface area (Å²) in [6.45, 7) is 1.81. The molecule has 120 valence electrons. The van der Waals surface area contributed by atoms with Crippen LogP contribution >= 0.6 is 0 Å². The molecule has 1 atom stereocenters. The van der Waals surface area contributed by atoms with Gasteiger partial charge in [-0.15, -0.1) is 0 Å². The van der Waals surface area contributed by atoms with Gasteiger partial charge in [-0.3, -0.25) is 9.59 Å².